The second-order valence-electron chi connectivity index (χ2n) is 11.3. The fourth-order valence-corrected chi connectivity index (χ4v) is 6.50. The Labute approximate surface area is 190 Å². The van der Waals surface area contributed by atoms with Crippen molar-refractivity contribution in [3.63, 3.8) is 0 Å². The van der Waals surface area contributed by atoms with Crippen LogP contribution in [-0.4, -0.2) is 80.8 Å². The number of aliphatic carboxylic acids is 1. The van der Waals surface area contributed by atoms with Crippen LogP contribution in [0.2, 0.25) is 0 Å². The van der Waals surface area contributed by atoms with Crippen molar-refractivity contribution >= 4 is 17.8 Å². The maximum absolute atomic E-state index is 14.2. The lowest BCUT2D eigenvalue weighted by Gasteiger charge is -2.45. The first kappa shape index (κ1) is 24.7. The molecule has 0 saturated carbocycles. The lowest BCUT2D eigenvalue weighted by molar-refractivity contribution is -0.153. The van der Waals surface area contributed by atoms with E-state index in [1.807, 2.05) is 13.8 Å². The number of rotatable bonds is 9. The first-order valence-corrected chi connectivity index (χ1v) is 11.5. The average Bonchev–Trinajstić information content (AvgIpc) is 3.29. The van der Waals surface area contributed by atoms with Crippen LogP contribution in [0, 0.1) is 17.3 Å². The molecule has 0 aromatic carbocycles. The minimum absolute atomic E-state index is 0.0389. The van der Waals surface area contributed by atoms with Gasteiger partial charge in [-0.3, -0.25) is 14.4 Å². The van der Waals surface area contributed by atoms with Crippen LogP contribution >= 0.6 is 0 Å². The van der Waals surface area contributed by atoms with Crippen LogP contribution in [0.4, 0.5) is 0 Å². The third kappa shape index (κ3) is 3.96. The summed E-state index contributed by atoms with van der Waals surface area (Å²) in [4.78, 5) is 42.9. The SMILES string of the molecule is C=CCN(C(=O)[C@@H]1N(CCCO)C(=O)[C@H]2[C@H](C(=O)O)[C@@H]3CC[C@]12O3)C(C)(C)CC(C)(C)C. The molecular weight excluding hydrogens is 412 g/mol. The van der Waals surface area contributed by atoms with Crippen LogP contribution in [-0.2, 0) is 19.1 Å². The van der Waals surface area contributed by atoms with Crippen molar-refractivity contribution in [1.82, 2.24) is 9.80 Å². The quantitative estimate of drug-likeness (QED) is 0.521. The van der Waals surface area contributed by atoms with Crippen LogP contribution in [0.15, 0.2) is 12.7 Å². The molecule has 3 rings (SSSR count). The third-order valence-electron chi connectivity index (χ3n) is 7.15. The Balaban J connectivity index is 2.05. The number of carbonyl (C=O) groups is 3. The molecule has 3 aliphatic heterocycles. The summed E-state index contributed by atoms with van der Waals surface area (Å²) in [6.07, 6.45) is 3.17. The molecule has 0 unspecified atom stereocenters. The fraction of sp³-hybridized carbons (Fsp3) is 0.792. The van der Waals surface area contributed by atoms with Crippen molar-refractivity contribution in [2.24, 2.45) is 17.3 Å². The highest BCUT2D eigenvalue weighted by Crippen LogP contribution is 2.58. The maximum atomic E-state index is 14.2. The third-order valence-corrected chi connectivity index (χ3v) is 7.15. The molecule has 3 fully saturated rings. The number of carbonyl (C=O) groups excluding carboxylic acids is 2. The Morgan fingerprint density at radius 1 is 1.31 bits per heavy atom. The van der Waals surface area contributed by atoms with Gasteiger partial charge in [0.05, 0.1) is 17.9 Å². The number of hydrogen-bond donors (Lipinski definition) is 2. The molecule has 2 N–H and O–H groups in total. The minimum Gasteiger partial charge on any atom is -0.481 e. The highest BCUT2D eigenvalue weighted by molar-refractivity contribution is 5.98. The number of nitrogens with zero attached hydrogens (tertiary/aromatic N) is 2. The zero-order valence-corrected chi connectivity index (χ0v) is 20.0. The number of likely N-dealkylation sites (tertiary alicyclic amines) is 1. The van der Waals surface area contributed by atoms with Crippen LogP contribution in [0.1, 0.15) is 60.3 Å². The summed E-state index contributed by atoms with van der Waals surface area (Å²) in [5.41, 5.74) is -1.69. The lowest BCUT2D eigenvalue weighted by Crippen LogP contribution is -2.61. The van der Waals surface area contributed by atoms with Crippen LogP contribution in [0.25, 0.3) is 0 Å². The van der Waals surface area contributed by atoms with Crippen LogP contribution in [0.5, 0.6) is 0 Å². The number of ether oxygens (including phenoxy) is 1. The first-order valence-electron chi connectivity index (χ1n) is 11.5. The van der Waals surface area contributed by atoms with Crippen LogP contribution in [0.3, 0.4) is 0 Å². The maximum Gasteiger partial charge on any atom is 0.310 e. The van der Waals surface area contributed by atoms with Gasteiger partial charge in [-0.25, -0.2) is 0 Å². The second-order valence-corrected chi connectivity index (χ2v) is 11.3. The number of aliphatic hydroxyl groups is 1. The Morgan fingerprint density at radius 2 is 1.97 bits per heavy atom. The normalized spacial score (nSPS) is 31.7. The molecule has 0 radical (unpaired) electrons. The van der Waals surface area contributed by atoms with E-state index in [1.54, 1.807) is 11.0 Å². The Bertz CT molecular complexity index is 788. The molecule has 5 atom stereocenters. The van der Waals surface area contributed by atoms with E-state index < -0.39 is 41.1 Å². The molecule has 2 bridgehead atoms. The summed E-state index contributed by atoms with van der Waals surface area (Å²) in [6, 6.07) is -0.903. The highest BCUT2D eigenvalue weighted by Gasteiger charge is 2.75. The standard InChI is InChI=1S/C24H38N2O6/c1-7-11-26(23(5,6)14-22(2,3)4)20(29)18-24-10-9-15(32-24)16(21(30)31)17(24)19(28)25(18)12-8-13-27/h7,15-18,27H,1,8-14H2,2-6H3,(H,30,31)/t15-,16+,17+,18-,24+/m0/s1. The van der Waals surface area contributed by atoms with Crippen molar-refractivity contribution in [1.29, 1.82) is 0 Å². The number of aliphatic hydroxyl groups excluding tert-OH is 1. The van der Waals surface area contributed by atoms with E-state index in [9.17, 15) is 24.6 Å². The van der Waals surface area contributed by atoms with E-state index in [2.05, 4.69) is 27.4 Å². The van der Waals surface area contributed by atoms with E-state index in [0.717, 1.165) is 6.42 Å². The van der Waals surface area contributed by atoms with E-state index in [4.69, 9.17) is 4.74 Å². The molecule has 3 saturated heterocycles. The summed E-state index contributed by atoms with van der Waals surface area (Å²) >= 11 is 0. The summed E-state index contributed by atoms with van der Waals surface area (Å²) in [5.74, 6) is -3.46. The highest BCUT2D eigenvalue weighted by atomic mass is 16.5. The summed E-state index contributed by atoms with van der Waals surface area (Å²) < 4.78 is 6.23. The molecular formula is C24H38N2O6. The first-order chi connectivity index (χ1) is 14.8. The monoisotopic (exact) mass is 450 g/mol. The van der Waals surface area contributed by atoms with Crippen molar-refractivity contribution in [2.75, 3.05) is 19.7 Å². The molecule has 0 aromatic rings. The number of hydrogen-bond acceptors (Lipinski definition) is 5. The zero-order chi connectivity index (χ0) is 24.1. The van der Waals surface area contributed by atoms with Gasteiger partial charge in [-0.15, -0.1) is 6.58 Å². The minimum atomic E-state index is -1.13. The van der Waals surface area contributed by atoms with Crippen LogP contribution < -0.4 is 0 Å². The Hall–Kier alpha value is -1.93. The van der Waals surface area contributed by atoms with Crippen molar-refractivity contribution in [3.8, 4) is 0 Å². The molecule has 32 heavy (non-hydrogen) atoms. The van der Waals surface area contributed by atoms with Gasteiger partial charge in [0.15, 0.2) is 0 Å². The van der Waals surface area contributed by atoms with E-state index in [1.165, 1.54) is 4.90 Å². The van der Waals surface area contributed by atoms with Gasteiger partial charge >= 0.3 is 5.97 Å². The molecule has 3 heterocycles. The number of fused-ring (bicyclic) bond motifs is 1. The van der Waals surface area contributed by atoms with Gasteiger partial charge in [-0.05, 0) is 44.9 Å². The molecule has 8 heteroatoms. The smallest absolute Gasteiger partial charge is 0.310 e. The summed E-state index contributed by atoms with van der Waals surface area (Å²) in [7, 11) is 0. The van der Waals surface area contributed by atoms with Gasteiger partial charge in [0, 0.05) is 25.2 Å². The molecule has 1 spiro atoms. The topological polar surface area (TPSA) is 107 Å². The molecule has 3 aliphatic rings. The number of carboxylic acids is 1. The summed E-state index contributed by atoms with van der Waals surface area (Å²) in [5, 5.41) is 19.2. The Morgan fingerprint density at radius 3 is 2.50 bits per heavy atom. The van der Waals surface area contributed by atoms with E-state index >= 15 is 0 Å². The molecule has 180 valence electrons. The van der Waals surface area contributed by atoms with Crippen molar-refractivity contribution in [2.45, 2.75) is 83.6 Å². The number of carboxylic acid groups (broad SMARTS) is 1. The predicted octanol–water partition coefficient (Wildman–Crippen LogP) is 2.06. The van der Waals surface area contributed by atoms with Crippen molar-refractivity contribution in [3.05, 3.63) is 12.7 Å². The number of amides is 2. The Kier molecular flexibility index (Phi) is 6.52. The molecule has 2 amide bonds. The van der Waals surface area contributed by atoms with Gasteiger partial charge in [0.2, 0.25) is 11.8 Å². The van der Waals surface area contributed by atoms with E-state index in [-0.39, 0.29) is 30.4 Å². The van der Waals surface area contributed by atoms with Gasteiger partial charge in [-0.2, -0.15) is 0 Å². The van der Waals surface area contributed by atoms with Gasteiger partial charge in [0.25, 0.3) is 0 Å². The lowest BCUT2D eigenvalue weighted by atomic mass is 9.70. The molecule has 8 nitrogen and oxygen atoms in total. The largest absolute Gasteiger partial charge is 0.481 e. The summed E-state index contributed by atoms with van der Waals surface area (Å²) in [6.45, 7) is 14.6. The van der Waals surface area contributed by atoms with Gasteiger partial charge in [-0.1, -0.05) is 26.8 Å². The van der Waals surface area contributed by atoms with Gasteiger partial charge in [0.1, 0.15) is 11.6 Å². The molecule has 0 aliphatic carbocycles. The predicted molar refractivity (Wildman–Crippen MR) is 119 cm³/mol. The average molecular weight is 451 g/mol. The molecule has 0 aromatic heterocycles. The van der Waals surface area contributed by atoms with Gasteiger partial charge < -0.3 is 24.7 Å². The van der Waals surface area contributed by atoms with Crippen molar-refractivity contribution < 1.29 is 29.3 Å². The zero-order valence-electron chi connectivity index (χ0n) is 20.0. The fourth-order valence-electron chi connectivity index (χ4n) is 6.50. The second kappa shape index (κ2) is 8.45. The van der Waals surface area contributed by atoms with E-state index in [0.29, 0.717) is 25.8 Å².